The van der Waals surface area contributed by atoms with Gasteiger partial charge in [-0.15, -0.1) is 0 Å². The van der Waals surface area contributed by atoms with Gasteiger partial charge in [-0.3, -0.25) is 5.32 Å². The van der Waals surface area contributed by atoms with Gasteiger partial charge >= 0.3 is 5.97 Å². The number of hydrogen-bond donors (Lipinski definition) is 3. The first-order valence-electron chi connectivity index (χ1n) is 8.30. The highest BCUT2D eigenvalue weighted by molar-refractivity contribution is 5.68. The number of rotatable bonds is 12. The largest absolute Gasteiger partial charge is 0.494 e. The van der Waals surface area contributed by atoms with Gasteiger partial charge in [-0.25, -0.2) is 4.79 Å². The number of aliphatic hydroxyl groups is 1. The van der Waals surface area contributed by atoms with Crippen LogP contribution in [-0.4, -0.2) is 48.8 Å². The van der Waals surface area contributed by atoms with E-state index in [9.17, 15) is 9.90 Å². The molecule has 0 bridgehead atoms. The molecule has 0 fully saturated rings. The monoisotopic (exact) mass is 361 g/mol. The van der Waals surface area contributed by atoms with Gasteiger partial charge < -0.3 is 24.4 Å². The van der Waals surface area contributed by atoms with Gasteiger partial charge in [0.2, 0.25) is 0 Å². The summed E-state index contributed by atoms with van der Waals surface area (Å²) >= 11 is 0. The summed E-state index contributed by atoms with van der Waals surface area (Å²) in [6, 6.07) is 16.1. The van der Waals surface area contributed by atoms with Crippen molar-refractivity contribution in [2.75, 3.05) is 26.4 Å². The Morgan fingerprint density at radius 3 is 2.19 bits per heavy atom. The van der Waals surface area contributed by atoms with Crippen molar-refractivity contribution in [2.45, 2.75) is 12.6 Å². The summed E-state index contributed by atoms with van der Waals surface area (Å²) in [5, 5.41) is 21.3. The number of carbonyl (C=O) groups is 1. The highest BCUT2D eigenvalue weighted by atomic mass is 16.5. The van der Waals surface area contributed by atoms with Crippen molar-refractivity contribution in [2.24, 2.45) is 0 Å². The molecule has 2 aromatic rings. The van der Waals surface area contributed by atoms with E-state index >= 15 is 0 Å². The van der Waals surface area contributed by atoms with Crippen molar-refractivity contribution in [1.29, 1.82) is 0 Å². The summed E-state index contributed by atoms with van der Waals surface area (Å²) in [5.74, 6) is 0.790. The molecule has 0 aliphatic heterocycles. The van der Waals surface area contributed by atoms with Crippen LogP contribution in [0.5, 0.6) is 17.2 Å². The lowest BCUT2D eigenvalue weighted by atomic mass is 10.3. The molecular formula is C19H23NO6. The Hall–Kier alpha value is -2.77. The number of aliphatic carboxylic acids is 1. The molecule has 0 saturated heterocycles. The molecule has 140 valence electrons. The smallest absolute Gasteiger partial charge is 0.341 e. The number of hydrogen-bond acceptors (Lipinski definition) is 6. The average molecular weight is 361 g/mol. The van der Waals surface area contributed by atoms with Gasteiger partial charge in [-0.2, -0.15) is 0 Å². The molecule has 7 heteroatoms. The van der Waals surface area contributed by atoms with E-state index in [0.29, 0.717) is 24.7 Å². The highest BCUT2D eigenvalue weighted by Crippen LogP contribution is 2.17. The Kier molecular flexibility index (Phi) is 8.25. The van der Waals surface area contributed by atoms with Gasteiger partial charge in [-0.05, 0) is 42.8 Å². The quantitative estimate of drug-likeness (QED) is 0.392. The molecule has 0 heterocycles. The predicted molar refractivity (Wildman–Crippen MR) is 95.6 cm³/mol. The fourth-order valence-corrected chi connectivity index (χ4v) is 2.06. The van der Waals surface area contributed by atoms with Crippen molar-refractivity contribution in [1.82, 2.24) is 5.32 Å². The number of carboxylic acid groups (broad SMARTS) is 1. The van der Waals surface area contributed by atoms with Crippen molar-refractivity contribution in [3.8, 4) is 17.2 Å². The van der Waals surface area contributed by atoms with Crippen LogP contribution in [0.2, 0.25) is 0 Å². The Morgan fingerprint density at radius 2 is 1.54 bits per heavy atom. The van der Waals surface area contributed by atoms with E-state index < -0.39 is 18.8 Å². The zero-order valence-electron chi connectivity index (χ0n) is 14.3. The first-order valence-corrected chi connectivity index (χ1v) is 8.30. The first-order chi connectivity index (χ1) is 12.6. The van der Waals surface area contributed by atoms with E-state index in [1.165, 1.54) is 0 Å². The van der Waals surface area contributed by atoms with Crippen LogP contribution in [0.3, 0.4) is 0 Å². The molecule has 0 radical (unpaired) electrons. The normalized spacial score (nSPS) is 11.6. The summed E-state index contributed by atoms with van der Waals surface area (Å²) in [7, 11) is 0. The van der Waals surface area contributed by atoms with Gasteiger partial charge in [0.25, 0.3) is 0 Å². The van der Waals surface area contributed by atoms with Crippen LogP contribution >= 0.6 is 0 Å². The van der Waals surface area contributed by atoms with Crippen molar-refractivity contribution in [3.05, 3.63) is 54.6 Å². The van der Waals surface area contributed by atoms with E-state index in [1.807, 2.05) is 30.3 Å². The summed E-state index contributed by atoms with van der Waals surface area (Å²) in [6.07, 6.45) is -0.0451. The maximum atomic E-state index is 10.4. The van der Waals surface area contributed by atoms with Crippen LogP contribution in [0.25, 0.3) is 0 Å². The van der Waals surface area contributed by atoms with E-state index in [1.54, 1.807) is 24.3 Å². The minimum atomic E-state index is -1.03. The molecule has 0 amide bonds. The van der Waals surface area contributed by atoms with Gasteiger partial charge in [0.15, 0.2) is 6.61 Å². The molecule has 1 atom stereocenters. The van der Waals surface area contributed by atoms with Gasteiger partial charge in [0.05, 0.1) is 6.61 Å². The maximum Gasteiger partial charge on any atom is 0.341 e. The lowest BCUT2D eigenvalue weighted by Crippen LogP contribution is -2.35. The Labute approximate surface area is 152 Å². The Balaban J connectivity index is 1.56. The molecule has 1 unspecified atom stereocenters. The fourth-order valence-electron chi connectivity index (χ4n) is 2.06. The molecule has 0 saturated carbocycles. The predicted octanol–water partition coefficient (Wildman–Crippen LogP) is 1.91. The molecule has 2 aromatic carbocycles. The van der Waals surface area contributed by atoms with Crippen LogP contribution < -0.4 is 19.5 Å². The van der Waals surface area contributed by atoms with Gasteiger partial charge in [-0.1, -0.05) is 18.2 Å². The topological polar surface area (TPSA) is 97.3 Å². The summed E-state index contributed by atoms with van der Waals surface area (Å²) in [4.78, 5) is 10.4. The zero-order chi connectivity index (χ0) is 18.6. The standard InChI is InChI=1S/C19H23NO6/c21-18(20-11-4-12-24-15-5-2-1-3-6-15)13-25-16-7-9-17(10-8-16)26-14-19(22)23/h1-3,5-10,18,20-21H,4,11-14H2,(H,22,23). The number of nitrogens with one attached hydrogen (secondary N) is 1. The van der Waals surface area contributed by atoms with Crippen molar-refractivity contribution < 1.29 is 29.2 Å². The van der Waals surface area contributed by atoms with Crippen LogP contribution in [-0.2, 0) is 4.79 Å². The van der Waals surface area contributed by atoms with E-state index in [-0.39, 0.29) is 6.61 Å². The third-order valence-electron chi connectivity index (χ3n) is 3.31. The van der Waals surface area contributed by atoms with Crippen molar-refractivity contribution >= 4 is 5.97 Å². The third-order valence-corrected chi connectivity index (χ3v) is 3.31. The highest BCUT2D eigenvalue weighted by Gasteiger charge is 2.05. The Morgan fingerprint density at radius 1 is 0.923 bits per heavy atom. The maximum absolute atomic E-state index is 10.4. The first kappa shape index (κ1) is 19.6. The lowest BCUT2D eigenvalue weighted by Gasteiger charge is -2.14. The van der Waals surface area contributed by atoms with Crippen LogP contribution in [0.4, 0.5) is 0 Å². The minimum absolute atomic E-state index is 0.0921. The lowest BCUT2D eigenvalue weighted by molar-refractivity contribution is -0.139. The van der Waals surface area contributed by atoms with Gasteiger partial charge in [0, 0.05) is 6.54 Å². The SMILES string of the molecule is O=C(O)COc1ccc(OCC(O)NCCCOc2ccccc2)cc1. The molecule has 0 aromatic heterocycles. The summed E-state index contributed by atoms with van der Waals surface area (Å²) in [6.45, 7) is 0.855. The molecule has 2 rings (SSSR count). The van der Waals surface area contributed by atoms with Crippen molar-refractivity contribution in [3.63, 3.8) is 0 Å². The number of carboxylic acids is 1. The second kappa shape index (κ2) is 11.0. The zero-order valence-corrected chi connectivity index (χ0v) is 14.3. The Bertz CT molecular complexity index is 647. The van der Waals surface area contributed by atoms with E-state index in [4.69, 9.17) is 19.3 Å². The number of aliphatic hydroxyl groups excluding tert-OH is 1. The van der Waals surface area contributed by atoms with E-state index in [0.717, 1.165) is 12.2 Å². The second-order valence-corrected chi connectivity index (χ2v) is 5.45. The van der Waals surface area contributed by atoms with Crippen LogP contribution in [0.15, 0.2) is 54.6 Å². The molecule has 0 aliphatic rings. The summed E-state index contributed by atoms with van der Waals surface area (Å²) in [5.41, 5.74) is 0. The molecule has 0 spiro atoms. The third kappa shape index (κ3) is 7.87. The molecular weight excluding hydrogens is 338 g/mol. The number of para-hydroxylation sites is 1. The second-order valence-electron chi connectivity index (χ2n) is 5.45. The van der Waals surface area contributed by atoms with Gasteiger partial charge in [0.1, 0.15) is 30.1 Å². The fraction of sp³-hybridized carbons (Fsp3) is 0.316. The number of ether oxygens (including phenoxy) is 3. The molecule has 3 N–H and O–H groups in total. The molecule has 0 aliphatic carbocycles. The molecule has 7 nitrogen and oxygen atoms in total. The number of benzene rings is 2. The van der Waals surface area contributed by atoms with E-state index in [2.05, 4.69) is 5.32 Å². The minimum Gasteiger partial charge on any atom is -0.494 e. The molecule has 26 heavy (non-hydrogen) atoms. The van der Waals surface area contributed by atoms with Crippen LogP contribution in [0, 0.1) is 0 Å². The average Bonchev–Trinajstić information content (AvgIpc) is 2.66. The summed E-state index contributed by atoms with van der Waals surface area (Å²) < 4.78 is 16.0. The van der Waals surface area contributed by atoms with Crippen LogP contribution in [0.1, 0.15) is 6.42 Å².